The molecule has 214 valence electrons. The summed E-state index contributed by atoms with van der Waals surface area (Å²) in [5.74, 6) is -0.580. The van der Waals surface area contributed by atoms with Crippen LogP contribution in [0.25, 0.3) is 22.6 Å². The summed E-state index contributed by atoms with van der Waals surface area (Å²) in [7, 11) is 0. The summed E-state index contributed by atoms with van der Waals surface area (Å²) in [6.45, 7) is -0.534. The number of aromatic nitrogens is 5. The van der Waals surface area contributed by atoms with Gasteiger partial charge in [-0.3, -0.25) is 14.8 Å². The van der Waals surface area contributed by atoms with Crippen LogP contribution in [0.2, 0.25) is 5.02 Å². The highest BCUT2D eigenvalue weighted by Gasteiger charge is 2.37. The molecule has 0 aliphatic rings. The van der Waals surface area contributed by atoms with Gasteiger partial charge in [-0.1, -0.05) is 28.9 Å². The third-order valence-corrected chi connectivity index (χ3v) is 6.55. The number of pyridine rings is 2. The van der Waals surface area contributed by atoms with Gasteiger partial charge in [0, 0.05) is 35.4 Å². The van der Waals surface area contributed by atoms with Gasteiger partial charge >= 0.3 is 12.4 Å². The number of rotatable bonds is 6. The van der Waals surface area contributed by atoms with Gasteiger partial charge in [0.05, 0.1) is 34.0 Å². The molecule has 0 radical (unpaired) electrons. The number of nitrogens with zero attached hydrogens (tertiary/aromatic N) is 5. The fourth-order valence-corrected chi connectivity index (χ4v) is 4.56. The minimum atomic E-state index is -5.03. The molecule has 0 bridgehead atoms. The normalized spacial score (nSPS) is 12.0. The molecule has 14 heteroatoms. The minimum Gasteiger partial charge on any atom is -0.398 e. The number of carbonyl (C=O) groups excluding carboxylic acids is 1. The van der Waals surface area contributed by atoms with Crippen molar-refractivity contribution in [3.8, 4) is 22.6 Å². The van der Waals surface area contributed by atoms with Crippen LogP contribution in [-0.2, 0) is 18.9 Å². The molecule has 7 nitrogen and oxygen atoms in total. The number of ketones is 1. The molecule has 0 spiro atoms. The molecule has 0 aliphatic carbocycles. The second-order valence-electron chi connectivity index (χ2n) is 9.03. The Morgan fingerprint density at radius 2 is 1.50 bits per heavy atom. The van der Waals surface area contributed by atoms with Gasteiger partial charge in [0.15, 0.2) is 5.78 Å². The Morgan fingerprint density at radius 1 is 0.857 bits per heavy atom. The topological polar surface area (TPSA) is 99.6 Å². The first-order valence-corrected chi connectivity index (χ1v) is 12.4. The number of halogens is 7. The summed E-state index contributed by atoms with van der Waals surface area (Å²) in [5.41, 5.74) is 3.56. The van der Waals surface area contributed by atoms with Gasteiger partial charge in [-0.25, -0.2) is 4.68 Å². The lowest BCUT2D eigenvalue weighted by molar-refractivity contribution is -0.143. The molecule has 0 unspecified atom stereocenters. The number of nitrogens with two attached hydrogens (primary N) is 1. The van der Waals surface area contributed by atoms with Gasteiger partial charge in [0.25, 0.3) is 0 Å². The molecule has 0 aliphatic heterocycles. The summed E-state index contributed by atoms with van der Waals surface area (Å²) >= 11 is 6.25. The smallest absolute Gasteiger partial charge is 0.398 e. The monoisotopic (exact) mass is 602 g/mol. The molecule has 3 aromatic heterocycles. The van der Waals surface area contributed by atoms with E-state index < -0.39 is 35.8 Å². The lowest BCUT2D eigenvalue weighted by Gasteiger charge is -2.15. The lowest BCUT2D eigenvalue weighted by Crippen LogP contribution is -2.13. The zero-order valence-electron chi connectivity index (χ0n) is 21.1. The van der Waals surface area contributed by atoms with Crippen molar-refractivity contribution in [1.82, 2.24) is 25.0 Å². The average molecular weight is 603 g/mol. The fourth-order valence-electron chi connectivity index (χ4n) is 4.34. The van der Waals surface area contributed by atoms with Crippen LogP contribution in [0.4, 0.5) is 32.0 Å². The van der Waals surface area contributed by atoms with E-state index in [9.17, 15) is 31.1 Å². The van der Waals surface area contributed by atoms with E-state index in [0.717, 1.165) is 4.68 Å². The Labute approximate surface area is 238 Å². The number of hydrogen-bond acceptors (Lipinski definition) is 6. The Hall–Kier alpha value is -4.78. The van der Waals surface area contributed by atoms with Crippen LogP contribution in [0.5, 0.6) is 0 Å². The van der Waals surface area contributed by atoms with Gasteiger partial charge in [-0.05, 0) is 54.1 Å². The first-order valence-electron chi connectivity index (χ1n) is 12.0. The Bertz CT molecular complexity index is 1750. The Balaban J connectivity index is 1.70. The largest absolute Gasteiger partial charge is 0.416 e. The van der Waals surface area contributed by atoms with Gasteiger partial charge in [0.1, 0.15) is 11.4 Å². The van der Waals surface area contributed by atoms with Crippen LogP contribution in [0.1, 0.15) is 32.6 Å². The second-order valence-corrected chi connectivity index (χ2v) is 9.43. The van der Waals surface area contributed by atoms with Gasteiger partial charge in [0.2, 0.25) is 0 Å². The number of carbonyl (C=O) groups is 1. The molecule has 0 amide bonds. The Kier molecular flexibility index (Phi) is 7.45. The molecule has 0 atom stereocenters. The van der Waals surface area contributed by atoms with Crippen molar-refractivity contribution >= 4 is 23.1 Å². The van der Waals surface area contributed by atoms with Gasteiger partial charge < -0.3 is 5.73 Å². The standard InChI is InChI=1S/C28H17ClF6N6O/c29-20-4-2-1-3-19(20)26(42)22-21(36)7-10-38-23(22)24-25(16-5-8-37-9-6-16)41(40-39-24)14-15-11-17(27(30,31)32)13-18(12-15)28(33,34)35/h1-13H,14H2,(H2,36,38). The van der Waals surface area contributed by atoms with E-state index in [1.807, 2.05) is 0 Å². The van der Waals surface area contributed by atoms with E-state index >= 15 is 0 Å². The van der Waals surface area contributed by atoms with Crippen LogP contribution in [0.15, 0.2) is 79.3 Å². The van der Waals surface area contributed by atoms with Gasteiger partial charge in [-0.2, -0.15) is 26.3 Å². The van der Waals surface area contributed by atoms with Crippen molar-refractivity contribution in [3.63, 3.8) is 0 Å². The van der Waals surface area contributed by atoms with E-state index in [0.29, 0.717) is 17.7 Å². The number of anilines is 1. The maximum Gasteiger partial charge on any atom is 0.416 e. The molecule has 2 N–H and O–H groups in total. The molecular formula is C28H17ClF6N6O. The highest BCUT2D eigenvalue weighted by molar-refractivity contribution is 6.35. The molecular weight excluding hydrogens is 586 g/mol. The molecule has 42 heavy (non-hydrogen) atoms. The molecule has 0 fully saturated rings. The predicted molar refractivity (Wildman–Crippen MR) is 141 cm³/mol. The summed E-state index contributed by atoms with van der Waals surface area (Å²) in [6, 6.07) is 12.0. The summed E-state index contributed by atoms with van der Waals surface area (Å²) in [5, 5.41) is 8.33. The van der Waals surface area contributed by atoms with E-state index in [2.05, 4.69) is 20.3 Å². The number of nitrogen functional groups attached to an aromatic ring is 1. The molecule has 5 aromatic rings. The van der Waals surface area contributed by atoms with E-state index in [1.54, 1.807) is 12.1 Å². The van der Waals surface area contributed by atoms with Crippen molar-refractivity contribution in [1.29, 1.82) is 0 Å². The molecule has 5 rings (SSSR count). The lowest BCUT2D eigenvalue weighted by atomic mass is 9.97. The van der Waals surface area contributed by atoms with Crippen molar-refractivity contribution in [2.24, 2.45) is 0 Å². The molecule has 2 aromatic carbocycles. The third-order valence-electron chi connectivity index (χ3n) is 6.22. The molecule has 0 saturated heterocycles. The van der Waals surface area contributed by atoms with Crippen LogP contribution in [-0.4, -0.2) is 30.7 Å². The summed E-state index contributed by atoms with van der Waals surface area (Å²) in [4.78, 5) is 21.9. The minimum absolute atomic E-state index is 0.00641. The van der Waals surface area contributed by atoms with Crippen LogP contribution >= 0.6 is 11.6 Å². The summed E-state index contributed by atoms with van der Waals surface area (Å²) < 4.78 is 82.1. The quantitative estimate of drug-likeness (QED) is 0.167. The Morgan fingerprint density at radius 3 is 2.12 bits per heavy atom. The van der Waals surface area contributed by atoms with Crippen LogP contribution in [0.3, 0.4) is 0 Å². The fraction of sp³-hybridized carbons (Fsp3) is 0.107. The average Bonchev–Trinajstić information content (AvgIpc) is 3.35. The van der Waals surface area contributed by atoms with Crippen molar-refractivity contribution in [2.75, 3.05) is 5.73 Å². The third kappa shape index (κ3) is 5.68. The highest BCUT2D eigenvalue weighted by atomic mass is 35.5. The molecule has 0 saturated carbocycles. The number of hydrogen-bond donors (Lipinski definition) is 1. The number of benzene rings is 2. The van der Waals surface area contributed by atoms with Crippen molar-refractivity contribution in [3.05, 3.63) is 112 Å². The zero-order chi connectivity index (χ0) is 30.2. The van der Waals surface area contributed by atoms with Crippen molar-refractivity contribution in [2.45, 2.75) is 18.9 Å². The van der Waals surface area contributed by atoms with Crippen LogP contribution < -0.4 is 5.73 Å². The van der Waals surface area contributed by atoms with Crippen molar-refractivity contribution < 1.29 is 31.1 Å². The maximum absolute atomic E-state index is 13.6. The molecule has 3 heterocycles. The van der Waals surface area contributed by atoms with E-state index in [1.165, 1.54) is 48.9 Å². The highest BCUT2D eigenvalue weighted by Crippen LogP contribution is 2.38. The first kappa shape index (κ1) is 28.7. The summed E-state index contributed by atoms with van der Waals surface area (Å²) in [6.07, 6.45) is -5.89. The van der Waals surface area contributed by atoms with E-state index in [4.69, 9.17) is 17.3 Å². The SMILES string of the molecule is Nc1ccnc(-c2nnn(Cc3cc(C(F)(F)F)cc(C(F)(F)F)c3)c2-c2ccncc2)c1C(=O)c1ccccc1Cl. The first-order chi connectivity index (χ1) is 19.8. The second kappa shape index (κ2) is 10.9. The van der Waals surface area contributed by atoms with E-state index in [-0.39, 0.29) is 50.5 Å². The van der Waals surface area contributed by atoms with Crippen LogP contribution in [0, 0.1) is 0 Å². The zero-order valence-corrected chi connectivity index (χ0v) is 21.8. The van der Waals surface area contributed by atoms with Gasteiger partial charge in [-0.15, -0.1) is 5.10 Å². The number of alkyl halides is 6. The predicted octanol–water partition coefficient (Wildman–Crippen LogP) is 6.95. The maximum atomic E-state index is 13.6.